The molecule has 1 aromatic carbocycles. The number of anilines is 2. The molecule has 0 aliphatic heterocycles. The van der Waals surface area contributed by atoms with Gasteiger partial charge in [-0.05, 0) is 56.4 Å². The number of furan rings is 1. The van der Waals surface area contributed by atoms with Crippen molar-refractivity contribution in [2.75, 3.05) is 10.6 Å². The quantitative estimate of drug-likeness (QED) is 0.625. The fourth-order valence-electron chi connectivity index (χ4n) is 3.65. The standard InChI is InChI=1S/C22H24N4O3/c1-13-6-11-18(24-12-13)25-22(28)20-19(16-4-2-3-5-17(16)29-20)26-21(27)14-7-9-15(23)10-8-14/h2-6,11-12,14-15H,7-10,23H2,1H3,(H,26,27)(H,24,25,28)/t14-,15-. The second-order valence-electron chi connectivity index (χ2n) is 7.58. The Morgan fingerprint density at radius 3 is 2.55 bits per heavy atom. The zero-order valence-corrected chi connectivity index (χ0v) is 16.3. The molecule has 0 spiro atoms. The predicted molar refractivity (Wildman–Crippen MR) is 112 cm³/mol. The molecule has 4 N–H and O–H groups in total. The number of fused-ring (bicyclic) bond motifs is 1. The number of para-hydroxylation sites is 1. The maximum absolute atomic E-state index is 12.9. The van der Waals surface area contributed by atoms with Crippen molar-refractivity contribution in [3.05, 3.63) is 53.9 Å². The molecule has 4 rings (SSSR count). The van der Waals surface area contributed by atoms with Gasteiger partial charge >= 0.3 is 0 Å². The third-order valence-electron chi connectivity index (χ3n) is 5.35. The van der Waals surface area contributed by atoms with Crippen LogP contribution in [-0.4, -0.2) is 22.8 Å². The van der Waals surface area contributed by atoms with Crippen molar-refractivity contribution in [2.24, 2.45) is 11.7 Å². The number of carbonyl (C=O) groups excluding carboxylic acids is 2. The SMILES string of the molecule is Cc1ccc(NC(=O)c2oc3ccccc3c2NC(=O)[C@H]2CC[C@H](N)CC2)nc1. The van der Waals surface area contributed by atoms with Gasteiger partial charge in [-0.2, -0.15) is 0 Å². The molecule has 7 nitrogen and oxygen atoms in total. The Kier molecular flexibility index (Phi) is 5.31. The molecule has 1 aliphatic rings. The average molecular weight is 392 g/mol. The molecule has 0 bridgehead atoms. The third-order valence-corrected chi connectivity index (χ3v) is 5.35. The van der Waals surface area contributed by atoms with Crippen molar-refractivity contribution >= 4 is 34.3 Å². The zero-order valence-electron chi connectivity index (χ0n) is 16.3. The molecular formula is C22H24N4O3. The van der Waals surface area contributed by atoms with Gasteiger partial charge in [0.2, 0.25) is 11.7 Å². The number of pyridine rings is 1. The van der Waals surface area contributed by atoms with Crippen LogP contribution in [-0.2, 0) is 4.79 Å². The van der Waals surface area contributed by atoms with Crippen LogP contribution in [0.2, 0.25) is 0 Å². The highest BCUT2D eigenvalue weighted by molar-refractivity contribution is 6.14. The van der Waals surface area contributed by atoms with Gasteiger partial charge in [0.15, 0.2) is 0 Å². The highest BCUT2D eigenvalue weighted by Gasteiger charge is 2.28. The average Bonchev–Trinajstić information content (AvgIpc) is 3.09. The van der Waals surface area contributed by atoms with Crippen molar-refractivity contribution in [3.8, 4) is 0 Å². The molecule has 3 aromatic rings. The lowest BCUT2D eigenvalue weighted by molar-refractivity contribution is -0.120. The number of aryl methyl sites for hydroxylation is 1. The van der Waals surface area contributed by atoms with E-state index in [1.165, 1.54) is 0 Å². The normalized spacial score (nSPS) is 19.1. The van der Waals surface area contributed by atoms with Gasteiger partial charge in [0.05, 0.1) is 0 Å². The number of nitrogens with zero attached hydrogens (tertiary/aromatic N) is 1. The van der Waals surface area contributed by atoms with E-state index in [2.05, 4.69) is 15.6 Å². The summed E-state index contributed by atoms with van der Waals surface area (Å²) in [7, 11) is 0. The number of nitrogens with one attached hydrogen (secondary N) is 2. The molecule has 0 unspecified atom stereocenters. The van der Waals surface area contributed by atoms with Crippen molar-refractivity contribution in [1.82, 2.24) is 4.98 Å². The van der Waals surface area contributed by atoms with Crippen LogP contribution >= 0.6 is 0 Å². The summed E-state index contributed by atoms with van der Waals surface area (Å²) in [6.45, 7) is 1.92. The minimum absolute atomic E-state index is 0.0643. The van der Waals surface area contributed by atoms with Crippen LogP contribution in [0.3, 0.4) is 0 Å². The molecule has 0 atom stereocenters. The summed E-state index contributed by atoms with van der Waals surface area (Å²) in [4.78, 5) is 29.9. The molecule has 29 heavy (non-hydrogen) atoms. The van der Waals surface area contributed by atoms with Crippen LogP contribution < -0.4 is 16.4 Å². The van der Waals surface area contributed by atoms with Crippen LogP contribution in [0.5, 0.6) is 0 Å². The van der Waals surface area contributed by atoms with Crippen LogP contribution in [0.25, 0.3) is 11.0 Å². The van der Waals surface area contributed by atoms with E-state index in [1.54, 1.807) is 18.3 Å². The topological polar surface area (TPSA) is 110 Å². The van der Waals surface area contributed by atoms with Crippen molar-refractivity contribution in [2.45, 2.75) is 38.6 Å². The molecule has 1 aliphatic carbocycles. The summed E-state index contributed by atoms with van der Waals surface area (Å²) < 4.78 is 5.79. The Morgan fingerprint density at radius 1 is 1.07 bits per heavy atom. The first-order chi connectivity index (χ1) is 14.0. The molecule has 0 saturated heterocycles. The fraction of sp³-hybridized carbons (Fsp3) is 0.318. The lowest BCUT2D eigenvalue weighted by Gasteiger charge is -2.25. The van der Waals surface area contributed by atoms with Crippen LogP contribution in [0.4, 0.5) is 11.5 Å². The number of hydrogen-bond donors (Lipinski definition) is 3. The van der Waals surface area contributed by atoms with Gasteiger partial charge < -0.3 is 20.8 Å². The molecule has 1 fully saturated rings. The van der Waals surface area contributed by atoms with Crippen molar-refractivity contribution in [3.63, 3.8) is 0 Å². The minimum atomic E-state index is -0.460. The Balaban J connectivity index is 1.61. The molecule has 2 amide bonds. The van der Waals surface area contributed by atoms with E-state index in [9.17, 15) is 9.59 Å². The Labute approximate surface area is 168 Å². The number of aromatic nitrogens is 1. The number of amides is 2. The van der Waals surface area contributed by atoms with Gasteiger partial charge in [-0.25, -0.2) is 4.98 Å². The summed E-state index contributed by atoms with van der Waals surface area (Å²) in [5.41, 5.74) is 7.87. The second kappa shape index (κ2) is 8.05. The number of rotatable bonds is 4. The Morgan fingerprint density at radius 2 is 1.83 bits per heavy atom. The smallest absolute Gasteiger partial charge is 0.294 e. The van der Waals surface area contributed by atoms with E-state index >= 15 is 0 Å². The largest absolute Gasteiger partial charge is 0.449 e. The van der Waals surface area contributed by atoms with E-state index in [0.29, 0.717) is 22.5 Å². The Bertz CT molecular complexity index is 1030. The maximum Gasteiger partial charge on any atom is 0.294 e. The van der Waals surface area contributed by atoms with E-state index in [4.69, 9.17) is 10.2 Å². The van der Waals surface area contributed by atoms with Gasteiger partial charge in [0.1, 0.15) is 17.1 Å². The van der Waals surface area contributed by atoms with Crippen LogP contribution in [0.15, 0.2) is 47.0 Å². The van der Waals surface area contributed by atoms with Crippen molar-refractivity contribution < 1.29 is 14.0 Å². The summed E-state index contributed by atoms with van der Waals surface area (Å²) in [5.74, 6) is -0.198. The summed E-state index contributed by atoms with van der Waals surface area (Å²) in [6, 6.07) is 11.0. The summed E-state index contributed by atoms with van der Waals surface area (Å²) >= 11 is 0. The minimum Gasteiger partial charge on any atom is -0.449 e. The van der Waals surface area contributed by atoms with E-state index in [1.807, 2.05) is 31.2 Å². The first-order valence-electron chi connectivity index (χ1n) is 9.83. The van der Waals surface area contributed by atoms with Gasteiger partial charge in [-0.3, -0.25) is 9.59 Å². The zero-order chi connectivity index (χ0) is 20.4. The first-order valence-corrected chi connectivity index (χ1v) is 9.83. The van der Waals surface area contributed by atoms with Gasteiger partial charge in [-0.1, -0.05) is 18.2 Å². The number of nitrogens with two attached hydrogens (primary N) is 1. The second-order valence-corrected chi connectivity index (χ2v) is 7.58. The highest BCUT2D eigenvalue weighted by Crippen LogP contribution is 2.33. The van der Waals surface area contributed by atoms with E-state index in [-0.39, 0.29) is 23.6 Å². The molecule has 2 aromatic heterocycles. The van der Waals surface area contributed by atoms with Gasteiger partial charge in [0, 0.05) is 23.5 Å². The molecule has 150 valence electrons. The molecule has 1 saturated carbocycles. The van der Waals surface area contributed by atoms with E-state index < -0.39 is 5.91 Å². The van der Waals surface area contributed by atoms with Crippen LogP contribution in [0, 0.1) is 12.8 Å². The van der Waals surface area contributed by atoms with Gasteiger partial charge in [-0.15, -0.1) is 0 Å². The molecule has 0 radical (unpaired) electrons. The fourth-order valence-corrected chi connectivity index (χ4v) is 3.65. The lowest BCUT2D eigenvalue weighted by Crippen LogP contribution is -2.32. The van der Waals surface area contributed by atoms with Crippen LogP contribution in [0.1, 0.15) is 41.8 Å². The Hall–Kier alpha value is -3.19. The van der Waals surface area contributed by atoms with Crippen molar-refractivity contribution in [1.29, 1.82) is 0 Å². The molecule has 2 heterocycles. The number of hydrogen-bond acceptors (Lipinski definition) is 5. The first kappa shape index (κ1) is 19.1. The number of benzene rings is 1. The highest BCUT2D eigenvalue weighted by atomic mass is 16.3. The molecular weight excluding hydrogens is 368 g/mol. The monoisotopic (exact) mass is 392 g/mol. The third kappa shape index (κ3) is 4.14. The number of carbonyl (C=O) groups is 2. The maximum atomic E-state index is 12.9. The predicted octanol–water partition coefficient (Wildman–Crippen LogP) is 3.84. The molecule has 7 heteroatoms. The summed E-state index contributed by atoms with van der Waals surface area (Å²) in [5, 5.41) is 6.36. The van der Waals surface area contributed by atoms with E-state index in [0.717, 1.165) is 31.2 Å². The lowest BCUT2D eigenvalue weighted by atomic mass is 9.86. The van der Waals surface area contributed by atoms with Gasteiger partial charge in [0.25, 0.3) is 5.91 Å². The summed E-state index contributed by atoms with van der Waals surface area (Å²) in [6.07, 6.45) is 4.83.